The van der Waals surface area contributed by atoms with Crippen molar-refractivity contribution in [2.45, 2.75) is 33.4 Å². The average molecular weight is 317 g/mol. The highest BCUT2D eigenvalue weighted by atomic mass is 28.3. The van der Waals surface area contributed by atoms with Gasteiger partial charge in [-0.05, 0) is 47.4 Å². The quantitative estimate of drug-likeness (QED) is 0.555. The molecule has 0 bridgehead atoms. The third-order valence-corrected chi connectivity index (χ3v) is 9.38. The SMILES string of the molecule is CC1=CC2C=CC=CC2=C1[Si](C)(C)C1=C(C)C=C2C=CCC=C21. The van der Waals surface area contributed by atoms with Crippen LogP contribution in [-0.4, -0.2) is 8.07 Å². The monoisotopic (exact) mass is 316 g/mol. The first-order valence-corrected chi connectivity index (χ1v) is 11.6. The van der Waals surface area contributed by atoms with Crippen LogP contribution in [0.3, 0.4) is 0 Å². The minimum absolute atomic E-state index is 0.497. The average Bonchev–Trinajstić information content (AvgIpc) is 3.02. The molecule has 1 unspecified atom stereocenters. The molecule has 23 heavy (non-hydrogen) atoms. The van der Waals surface area contributed by atoms with E-state index in [4.69, 9.17) is 0 Å². The smallest absolute Gasteiger partial charge is 0.0801 e. The molecule has 0 saturated carbocycles. The van der Waals surface area contributed by atoms with Gasteiger partial charge < -0.3 is 0 Å². The molecule has 0 heterocycles. The Bertz CT molecular complexity index is 829. The second-order valence-corrected chi connectivity index (χ2v) is 11.7. The molecule has 4 rings (SSSR count). The summed E-state index contributed by atoms with van der Waals surface area (Å²) >= 11 is 0. The largest absolute Gasteiger partial charge is 0.114 e. The van der Waals surface area contributed by atoms with Gasteiger partial charge in [-0.2, -0.15) is 0 Å². The summed E-state index contributed by atoms with van der Waals surface area (Å²) in [6, 6.07) is 0. The minimum atomic E-state index is -1.73. The lowest BCUT2D eigenvalue weighted by Gasteiger charge is -2.32. The third kappa shape index (κ3) is 2.10. The van der Waals surface area contributed by atoms with Crippen LogP contribution in [0, 0.1) is 5.92 Å². The van der Waals surface area contributed by atoms with Crippen molar-refractivity contribution in [2.24, 2.45) is 5.92 Å². The number of fused-ring (bicyclic) bond motifs is 2. The van der Waals surface area contributed by atoms with E-state index in [9.17, 15) is 0 Å². The van der Waals surface area contributed by atoms with Crippen molar-refractivity contribution in [1.29, 1.82) is 0 Å². The number of hydrogen-bond donors (Lipinski definition) is 0. The van der Waals surface area contributed by atoms with Crippen LogP contribution in [0.1, 0.15) is 20.3 Å². The Morgan fingerprint density at radius 2 is 1.87 bits per heavy atom. The van der Waals surface area contributed by atoms with Gasteiger partial charge in [0, 0.05) is 5.92 Å². The maximum Gasteiger partial charge on any atom is 0.114 e. The van der Waals surface area contributed by atoms with E-state index in [-0.39, 0.29) is 0 Å². The van der Waals surface area contributed by atoms with Gasteiger partial charge in [0.1, 0.15) is 8.07 Å². The van der Waals surface area contributed by atoms with Crippen LogP contribution in [0.4, 0.5) is 0 Å². The van der Waals surface area contributed by atoms with E-state index < -0.39 is 8.07 Å². The summed E-state index contributed by atoms with van der Waals surface area (Å²) in [6.45, 7) is 9.69. The van der Waals surface area contributed by atoms with Crippen LogP contribution < -0.4 is 0 Å². The van der Waals surface area contributed by atoms with E-state index in [0.29, 0.717) is 5.92 Å². The molecule has 0 aliphatic heterocycles. The first kappa shape index (κ1) is 14.7. The Hall–Kier alpha value is -1.86. The summed E-state index contributed by atoms with van der Waals surface area (Å²) in [6.07, 6.45) is 22.0. The maximum absolute atomic E-state index is 2.54. The number of hydrogen-bond acceptors (Lipinski definition) is 0. The highest BCUT2D eigenvalue weighted by molar-refractivity contribution is 6.92. The minimum Gasteiger partial charge on any atom is -0.0801 e. The second kappa shape index (κ2) is 5.07. The van der Waals surface area contributed by atoms with Crippen LogP contribution in [0.15, 0.2) is 92.9 Å². The van der Waals surface area contributed by atoms with Crippen molar-refractivity contribution >= 4 is 8.07 Å². The van der Waals surface area contributed by atoms with Crippen LogP contribution in [0.5, 0.6) is 0 Å². The lowest BCUT2D eigenvalue weighted by atomic mass is 9.98. The molecule has 0 aromatic rings. The molecule has 0 nitrogen and oxygen atoms in total. The highest BCUT2D eigenvalue weighted by Gasteiger charge is 2.41. The maximum atomic E-state index is 2.54. The fourth-order valence-electron chi connectivity index (χ4n) is 4.82. The Balaban J connectivity index is 1.85. The van der Waals surface area contributed by atoms with Gasteiger partial charge in [0.2, 0.25) is 0 Å². The summed E-state index contributed by atoms with van der Waals surface area (Å²) in [5, 5.41) is 3.30. The molecule has 0 fully saturated rings. The topological polar surface area (TPSA) is 0 Å². The molecule has 0 saturated heterocycles. The van der Waals surface area contributed by atoms with Gasteiger partial charge in [0.25, 0.3) is 0 Å². The van der Waals surface area contributed by atoms with E-state index in [1.54, 1.807) is 16.0 Å². The van der Waals surface area contributed by atoms with E-state index in [0.717, 1.165) is 6.42 Å². The second-order valence-electron chi connectivity index (χ2n) is 7.49. The van der Waals surface area contributed by atoms with Gasteiger partial charge in [0.05, 0.1) is 0 Å². The summed E-state index contributed by atoms with van der Waals surface area (Å²) in [7, 11) is -1.73. The van der Waals surface area contributed by atoms with Gasteiger partial charge >= 0.3 is 0 Å². The summed E-state index contributed by atoms with van der Waals surface area (Å²) in [5.74, 6) is 0.497. The third-order valence-electron chi connectivity index (χ3n) is 5.53. The Kier molecular flexibility index (Phi) is 3.24. The Labute approximate surface area is 140 Å². The van der Waals surface area contributed by atoms with E-state index in [2.05, 4.69) is 81.6 Å². The number of allylic oxidation sites excluding steroid dienone is 16. The molecule has 0 radical (unpaired) electrons. The Morgan fingerprint density at radius 3 is 2.70 bits per heavy atom. The zero-order valence-corrected chi connectivity index (χ0v) is 15.5. The van der Waals surface area contributed by atoms with Crippen LogP contribution in [-0.2, 0) is 0 Å². The molecule has 0 N–H and O–H groups in total. The summed E-state index contributed by atoms with van der Waals surface area (Å²) in [5.41, 5.74) is 7.46. The molecular weight excluding hydrogens is 292 g/mol. The molecule has 1 heteroatoms. The van der Waals surface area contributed by atoms with E-state index >= 15 is 0 Å². The van der Waals surface area contributed by atoms with Crippen molar-refractivity contribution in [3.63, 3.8) is 0 Å². The molecule has 4 aliphatic carbocycles. The normalized spacial score (nSPS) is 25.6. The standard InChI is InChI=1S/C22H24Si/c1-15-13-17-9-5-7-11-19(17)21(15)23(3,4)22-16(2)14-18-10-6-8-12-20(18)22/h5-7,9-14,17H,8H2,1-4H3. The molecule has 4 aliphatic rings. The van der Waals surface area contributed by atoms with E-state index in [1.807, 2.05) is 0 Å². The zero-order chi connectivity index (χ0) is 16.2. The van der Waals surface area contributed by atoms with Gasteiger partial charge in [-0.1, -0.05) is 78.9 Å². The predicted octanol–water partition coefficient (Wildman–Crippen LogP) is 5.91. The lowest BCUT2D eigenvalue weighted by Crippen LogP contribution is -2.35. The molecule has 0 aromatic carbocycles. The van der Waals surface area contributed by atoms with Crippen LogP contribution in [0.25, 0.3) is 0 Å². The molecule has 1 atom stereocenters. The van der Waals surface area contributed by atoms with Gasteiger partial charge in [-0.15, -0.1) is 0 Å². The van der Waals surface area contributed by atoms with Crippen molar-refractivity contribution in [3.05, 3.63) is 92.9 Å². The fraction of sp³-hybridized carbons (Fsp3) is 0.273. The van der Waals surface area contributed by atoms with Crippen molar-refractivity contribution in [2.75, 3.05) is 0 Å². The molecule has 0 aromatic heterocycles. The van der Waals surface area contributed by atoms with Crippen molar-refractivity contribution in [1.82, 2.24) is 0 Å². The fourth-order valence-corrected chi connectivity index (χ4v) is 9.09. The van der Waals surface area contributed by atoms with Crippen LogP contribution in [0.2, 0.25) is 13.1 Å². The number of rotatable bonds is 2. The first-order chi connectivity index (χ1) is 11.0. The predicted molar refractivity (Wildman–Crippen MR) is 103 cm³/mol. The summed E-state index contributed by atoms with van der Waals surface area (Å²) in [4.78, 5) is 0. The van der Waals surface area contributed by atoms with Gasteiger partial charge in [-0.25, -0.2) is 0 Å². The molecule has 0 amide bonds. The highest BCUT2D eigenvalue weighted by Crippen LogP contribution is 2.47. The van der Waals surface area contributed by atoms with Crippen molar-refractivity contribution in [3.8, 4) is 0 Å². The van der Waals surface area contributed by atoms with Crippen molar-refractivity contribution < 1.29 is 0 Å². The van der Waals surface area contributed by atoms with Crippen LogP contribution >= 0.6 is 0 Å². The van der Waals surface area contributed by atoms with Gasteiger partial charge in [0.15, 0.2) is 0 Å². The molecular formula is C22H24Si. The van der Waals surface area contributed by atoms with E-state index in [1.165, 1.54) is 22.3 Å². The molecule has 116 valence electrons. The summed E-state index contributed by atoms with van der Waals surface area (Å²) < 4.78 is 0. The zero-order valence-electron chi connectivity index (χ0n) is 14.5. The lowest BCUT2D eigenvalue weighted by molar-refractivity contribution is 1.01. The first-order valence-electron chi connectivity index (χ1n) is 8.59. The van der Waals surface area contributed by atoms with Gasteiger partial charge in [-0.3, -0.25) is 0 Å². The Morgan fingerprint density at radius 1 is 1.04 bits per heavy atom. The molecule has 0 spiro atoms.